The number of hydrogen-bond donors (Lipinski definition) is 1. The van der Waals surface area contributed by atoms with E-state index in [2.05, 4.69) is 4.90 Å². The van der Waals surface area contributed by atoms with Crippen LogP contribution in [-0.2, 0) is 11.3 Å². The zero-order chi connectivity index (χ0) is 17.9. The van der Waals surface area contributed by atoms with Gasteiger partial charge in [-0.05, 0) is 11.6 Å². The Kier molecular flexibility index (Phi) is 6.32. The number of methoxy groups -OCH3 is 2. The first kappa shape index (κ1) is 18.8. The molecule has 1 aromatic carbocycles. The number of nitrogens with zero attached hydrogens (tertiary/aromatic N) is 2. The monoisotopic (exact) mass is 356 g/mol. The molecule has 0 spiro atoms. The van der Waals surface area contributed by atoms with E-state index in [4.69, 9.17) is 21.1 Å². The van der Waals surface area contributed by atoms with Crippen molar-refractivity contribution < 1.29 is 19.4 Å². The average Bonchev–Trinajstić information content (AvgIpc) is 2.98. The number of hydrogen-bond acceptors (Lipinski definition) is 5. The molecule has 0 aromatic heterocycles. The largest absolute Gasteiger partial charge is 0.493 e. The molecule has 134 valence electrons. The van der Waals surface area contributed by atoms with Crippen LogP contribution in [0, 0.1) is 11.8 Å². The summed E-state index contributed by atoms with van der Waals surface area (Å²) in [5, 5.41) is 10.1. The molecule has 2 unspecified atom stereocenters. The van der Waals surface area contributed by atoms with E-state index in [1.54, 1.807) is 33.2 Å². The predicted molar refractivity (Wildman–Crippen MR) is 92.6 cm³/mol. The number of halogens is 1. The summed E-state index contributed by atoms with van der Waals surface area (Å²) in [5.41, 5.74) is 0.906. The molecule has 1 amide bonds. The zero-order valence-electron chi connectivity index (χ0n) is 14.6. The molecule has 2 rings (SSSR count). The fourth-order valence-electron chi connectivity index (χ4n) is 3.18. The van der Waals surface area contributed by atoms with E-state index in [9.17, 15) is 9.90 Å². The molecule has 0 bridgehead atoms. The van der Waals surface area contributed by atoms with Crippen molar-refractivity contribution in [3.05, 3.63) is 22.7 Å². The van der Waals surface area contributed by atoms with Gasteiger partial charge in [0.15, 0.2) is 11.5 Å². The average molecular weight is 357 g/mol. The van der Waals surface area contributed by atoms with E-state index in [1.165, 1.54) is 0 Å². The maximum Gasteiger partial charge on any atom is 0.226 e. The van der Waals surface area contributed by atoms with Crippen LogP contribution >= 0.6 is 11.6 Å². The lowest BCUT2D eigenvalue weighted by molar-refractivity contribution is -0.134. The second-order valence-corrected chi connectivity index (χ2v) is 6.63. The van der Waals surface area contributed by atoms with Crippen LogP contribution in [-0.4, -0.2) is 68.8 Å². The van der Waals surface area contributed by atoms with Crippen molar-refractivity contribution in [2.24, 2.45) is 11.8 Å². The molecular weight excluding hydrogens is 332 g/mol. The Morgan fingerprint density at radius 1 is 1.33 bits per heavy atom. The highest BCUT2D eigenvalue weighted by atomic mass is 35.5. The summed E-state index contributed by atoms with van der Waals surface area (Å²) >= 11 is 6.43. The Labute approximate surface area is 147 Å². The highest BCUT2D eigenvalue weighted by molar-refractivity contribution is 6.33. The van der Waals surface area contributed by atoms with Gasteiger partial charge in [0.1, 0.15) is 0 Å². The smallest absolute Gasteiger partial charge is 0.226 e. The number of carbonyl (C=O) groups is 1. The molecule has 1 saturated heterocycles. The van der Waals surface area contributed by atoms with Crippen LogP contribution in [0.25, 0.3) is 0 Å². The van der Waals surface area contributed by atoms with Crippen LogP contribution in [0.4, 0.5) is 0 Å². The first-order chi connectivity index (χ1) is 11.4. The van der Waals surface area contributed by atoms with Crippen molar-refractivity contribution in [1.29, 1.82) is 0 Å². The highest BCUT2D eigenvalue weighted by Crippen LogP contribution is 2.38. The van der Waals surface area contributed by atoms with Crippen molar-refractivity contribution in [3.63, 3.8) is 0 Å². The molecule has 0 aliphatic carbocycles. The lowest BCUT2D eigenvalue weighted by Crippen LogP contribution is -2.35. The Balaban J connectivity index is 2.16. The molecule has 6 nitrogen and oxygen atoms in total. The second-order valence-electron chi connectivity index (χ2n) is 6.25. The van der Waals surface area contributed by atoms with Gasteiger partial charge in [-0.3, -0.25) is 9.69 Å². The van der Waals surface area contributed by atoms with Gasteiger partial charge >= 0.3 is 0 Å². The number of benzene rings is 1. The third kappa shape index (κ3) is 3.77. The minimum atomic E-state index is -0.191. The molecule has 1 aromatic rings. The van der Waals surface area contributed by atoms with Crippen LogP contribution < -0.4 is 9.47 Å². The lowest BCUT2D eigenvalue weighted by Gasteiger charge is -2.20. The normalized spacial score (nSPS) is 20.9. The Morgan fingerprint density at radius 3 is 2.58 bits per heavy atom. The summed E-state index contributed by atoms with van der Waals surface area (Å²) in [6, 6.07) is 3.72. The van der Waals surface area contributed by atoms with E-state index in [-0.39, 0.29) is 24.3 Å². The van der Waals surface area contributed by atoms with E-state index in [0.717, 1.165) is 5.56 Å². The zero-order valence-corrected chi connectivity index (χ0v) is 15.3. The molecule has 1 N–H and O–H groups in total. The standard InChI is InChI=1S/C17H25ClN2O4/c1-19(2)17(22)13-9-20(8-12(13)10-21)7-11-5-6-14(23-3)16(24-4)15(11)18/h5-6,12-13,21H,7-10H2,1-4H3. The van der Waals surface area contributed by atoms with Crippen LogP contribution in [0.2, 0.25) is 5.02 Å². The Bertz CT molecular complexity index is 594. The molecule has 1 heterocycles. The summed E-state index contributed by atoms with van der Waals surface area (Å²) in [5.74, 6) is 0.898. The summed E-state index contributed by atoms with van der Waals surface area (Å²) < 4.78 is 10.6. The number of rotatable bonds is 6. The maximum atomic E-state index is 12.3. The quantitative estimate of drug-likeness (QED) is 0.836. The topological polar surface area (TPSA) is 62.2 Å². The molecule has 1 aliphatic rings. The molecule has 7 heteroatoms. The number of aliphatic hydroxyl groups is 1. The molecule has 0 saturated carbocycles. The predicted octanol–water partition coefficient (Wildman–Crippen LogP) is 1.49. The van der Waals surface area contributed by atoms with Gasteiger partial charge in [0.05, 0.1) is 25.2 Å². The number of aliphatic hydroxyl groups excluding tert-OH is 1. The van der Waals surface area contributed by atoms with Crippen LogP contribution in [0.1, 0.15) is 5.56 Å². The van der Waals surface area contributed by atoms with Gasteiger partial charge in [-0.25, -0.2) is 0 Å². The summed E-state index contributed by atoms with van der Waals surface area (Å²) in [4.78, 5) is 16.0. The van der Waals surface area contributed by atoms with Crippen LogP contribution in [0.15, 0.2) is 12.1 Å². The molecule has 1 aliphatic heterocycles. The van der Waals surface area contributed by atoms with Gasteiger partial charge in [-0.1, -0.05) is 17.7 Å². The van der Waals surface area contributed by atoms with Crippen molar-refractivity contribution in [3.8, 4) is 11.5 Å². The SMILES string of the molecule is COc1ccc(CN2CC(CO)C(C(=O)N(C)C)C2)c(Cl)c1OC. The summed E-state index contributed by atoms with van der Waals surface area (Å²) in [6.45, 7) is 1.85. The van der Waals surface area contributed by atoms with Gasteiger partial charge in [-0.2, -0.15) is 0 Å². The first-order valence-corrected chi connectivity index (χ1v) is 8.24. The van der Waals surface area contributed by atoms with Crippen LogP contribution in [0.3, 0.4) is 0 Å². The summed E-state index contributed by atoms with van der Waals surface area (Å²) in [7, 11) is 6.60. The fourth-order valence-corrected chi connectivity index (χ4v) is 3.47. The number of carbonyl (C=O) groups excluding carboxylic acids is 1. The minimum absolute atomic E-state index is 0.000409. The highest BCUT2D eigenvalue weighted by Gasteiger charge is 2.38. The summed E-state index contributed by atoms with van der Waals surface area (Å²) in [6.07, 6.45) is 0. The van der Waals surface area contributed by atoms with Gasteiger partial charge in [-0.15, -0.1) is 0 Å². The van der Waals surface area contributed by atoms with Gasteiger partial charge < -0.3 is 19.5 Å². The van der Waals surface area contributed by atoms with Crippen molar-refractivity contribution in [2.45, 2.75) is 6.54 Å². The van der Waals surface area contributed by atoms with E-state index >= 15 is 0 Å². The lowest BCUT2D eigenvalue weighted by atomic mass is 9.96. The van der Waals surface area contributed by atoms with E-state index in [0.29, 0.717) is 36.2 Å². The molecule has 24 heavy (non-hydrogen) atoms. The van der Waals surface area contributed by atoms with Crippen molar-refractivity contribution in [2.75, 3.05) is 48.0 Å². The van der Waals surface area contributed by atoms with Gasteiger partial charge in [0, 0.05) is 46.3 Å². The molecule has 0 radical (unpaired) electrons. The number of ether oxygens (including phenoxy) is 2. The first-order valence-electron chi connectivity index (χ1n) is 7.86. The van der Waals surface area contributed by atoms with Crippen molar-refractivity contribution >= 4 is 17.5 Å². The third-order valence-corrected chi connectivity index (χ3v) is 4.88. The Hall–Kier alpha value is -1.50. The minimum Gasteiger partial charge on any atom is -0.493 e. The van der Waals surface area contributed by atoms with Gasteiger partial charge in [0.2, 0.25) is 5.91 Å². The maximum absolute atomic E-state index is 12.3. The number of amides is 1. The van der Waals surface area contributed by atoms with Crippen LogP contribution in [0.5, 0.6) is 11.5 Å². The molecule has 2 atom stereocenters. The third-order valence-electron chi connectivity index (χ3n) is 4.47. The number of likely N-dealkylation sites (tertiary alicyclic amines) is 1. The van der Waals surface area contributed by atoms with Crippen molar-refractivity contribution in [1.82, 2.24) is 9.80 Å². The fraction of sp³-hybridized carbons (Fsp3) is 0.588. The van der Waals surface area contributed by atoms with Gasteiger partial charge in [0.25, 0.3) is 0 Å². The second kappa shape index (κ2) is 8.05. The molecular formula is C17H25ClN2O4. The van der Waals surface area contributed by atoms with E-state index < -0.39 is 0 Å². The Morgan fingerprint density at radius 2 is 2.04 bits per heavy atom. The molecule has 1 fully saturated rings. The van der Waals surface area contributed by atoms with E-state index in [1.807, 2.05) is 12.1 Å².